The van der Waals surface area contributed by atoms with Gasteiger partial charge in [-0.25, -0.2) is 4.98 Å². The van der Waals surface area contributed by atoms with Gasteiger partial charge in [-0.15, -0.1) is 0 Å². The van der Waals surface area contributed by atoms with Gasteiger partial charge in [0, 0.05) is 25.2 Å². The first-order chi connectivity index (χ1) is 9.79. The van der Waals surface area contributed by atoms with Crippen LogP contribution in [0.15, 0.2) is 24.3 Å². The first-order valence-electron chi connectivity index (χ1n) is 7.74. The van der Waals surface area contributed by atoms with E-state index in [1.165, 1.54) is 32.4 Å². The maximum absolute atomic E-state index is 4.69. The summed E-state index contributed by atoms with van der Waals surface area (Å²) in [6, 6.07) is 10.0. The molecule has 4 heteroatoms. The van der Waals surface area contributed by atoms with Crippen LogP contribution in [-0.2, 0) is 0 Å². The molecule has 0 spiro atoms. The molecule has 0 radical (unpaired) electrons. The van der Waals surface area contributed by atoms with Gasteiger partial charge in [-0.2, -0.15) is 0 Å². The van der Waals surface area contributed by atoms with Gasteiger partial charge >= 0.3 is 0 Å². The summed E-state index contributed by atoms with van der Waals surface area (Å²) in [7, 11) is 0. The van der Waals surface area contributed by atoms with Crippen LogP contribution in [0.1, 0.15) is 38.1 Å². The maximum atomic E-state index is 4.69. The third kappa shape index (κ3) is 2.34. The number of fused-ring (bicyclic) bond motifs is 1. The van der Waals surface area contributed by atoms with Crippen molar-refractivity contribution < 1.29 is 0 Å². The van der Waals surface area contributed by atoms with E-state index in [0.717, 1.165) is 22.9 Å². The minimum absolute atomic E-state index is 0.284. The molecule has 1 saturated heterocycles. The lowest BCUT2D eigenvalue weighted by Crippen LogP contribution is -2.35. The predicted molar refractivity (Wildman–Crippen MR) is 80.6 cm³/mol. The number of likely N-dealkylation sites (tertiary alicyclic amines) is 1. The summed E-state index contributed by atoms with van der Waals surface area (Å²) in [5, 5.41) is 3.73. The Hall–Kier alpha value is -1.39. The van der Waals surface area contributed by atoms with Crippen LogP contribution in [-0.4, -0.2) is 40.0 Å². The number of hydrogen-bond donors (Lipinski definition) is 2. The Bertz CT molecular complexity index is 568. The number of nitrogens with one attached hydrogen (secondary N) is 2. The highest BCUT2D eigenvalue weighted by Crippen LogP contribution is 2.30. The minimum Gasteiger partial charge on any atom is -0.341 e. The fourth-order valence-corrected chi connectivity index (χ4v) is 3.30. The molecule has 106 valence electrons. The van der Waals surface area contributed by atoms with Crippen molar-refractivity contribution in [2.75, 3.05) is 13.1 Å². The van der Waals surface area contributed by atoms with E-state index in [1.807, 2.05) is 12.1 Å². The quantitative estimate of drug-likeness (QED) is 0.897. The zero-order chi connectivity index (χ0) is 13.5. The van der Waals surface area contributed by atoms with Crippen LogP contribution < -0.4 is 5.32 Å². The normalized spacial score (nSPS) is 25.4. The van der Waals surface area contributed by atoms with Crippen molar-refractivity contribution in [3.8, 4) is 0 Å². The SMILES string of the molecule is CC(NC1CCN(C2CC2)C1)c1nc2ccccc2[nH]1. The fourth-order valence-electron chi connectivity index (χ4n) is 3.30. The van der Waals surface area contributed by atoms with Crippen molar-refractivity contribution >= 4 is 11.0 Å². The summed E-state index contributed by atoms with van der Waals surface area (Å²) < 4.78 is 0. The van der Waals surface area contributed by atoms with E-state index in [1.54, 1.807) is 0 Å². The molecule has 1 aliphatic carbocycles. The Morgan fingerprint density at radius 3 is 2.95 bits per heavy atom. The van der Waals surface area contributed by atoms with Gasteiger partial charge in [-0.05, 0) is 38.3 Å². The second-order valence-corrected chi connectivity index (χ2v) is 6.24. The molecule has 0 bridgehead atoms. The van der Waals surface area contributed by atoms with E-state index < -0.39 is 0 Å². The molecule has 2 aromatic rings. The molecular formula is C16H22N4. The number of H-pyrrole nitrogens is 1. The molecule has 2 unspecified atom stereocenters. The number of benzene rings is 1. The predicted octanol–water partition coefficient (Wildman–Crippen LogP) is 2.45. The summed E-state index contributed by atoms with van der Waals surface area (Å²) >= 11 is 0. The highest BCUT2D eigenvalue weighted by atomic mass is 15.2. The van der Waals surface area contributed by atoms with Gasteiger partial charge in [0.1, 0.15) is 5.82 Å². The van der Waals surface area contributed by atoms with Gasteiger partial charge in [0.05, 0.1) is 17.1 Å². The molecule has 2 N–H and O–H groups in total. The third-order valence-corrected chi connectivity index (χ3v) is 4.59. The topological polar surface area (TPSA) is 44.0 Å². The molecule has 4 rings (SSSR count). The van der Waals surface area contributed by atoms with Gasteiger partial charge in [0.2, 0.25) is 0 Å². The van der Waals surface area contributed by atoms with E-state index in [2.05, 4.69) is 39.2 Å². The van der Waals surface area contributed by atoms with E-state index in [4.69, 9.17) is 0 Å². The molecule has 2 heterocycles. The summed E-state index contributed by atoms with van der Waals surface area (Å²) in [5.74, 6) is 1.05. The smallest absolute Gasteiger partial charge is 0.124 e. The molecule has 2 fully saturated rings. The summed E-state index contributed by atoms with van der Waals surface area (Å²) in [6.07, 6.45) is 4.08. The van der Waals surface area contributed by atoms with E-state index in [0.29, 0.717) is 6.04 Å². The van der Waals surface area contributed by atoms with Gasteiger partial charge in [-0.1, -0.05) is 12.1 Å². The number of nitrogens with zero attached hydrogens (tertiary/aromatic N) is 2. The minimum atomic E-state index is 0.284. The zero-order valence-corrected chi connectivity index (χ0v) is 12.0. The van der Waals surface area contributed by atoms with Crippen molar-refractivity contribution in [2.45, 2.75) is 44.3 Å². The average molecular weight is 270 g/mol. The Morgan fingerprint density at radius 1 is 1.30 bits per heavy atom. The Labute approximate surface area is 119 Å². The Balaban J connectivity index is 1.43. The van der Waals surface area contributed by atoms with Crippen molar-refractivity contribution in [1.29, 1.82) is 0 Å². The molecule has 1 aromatic heterocycles. The summed E-state index contributed by atoms with van der Waals surface area (Å²) in [6.45, 7) is 4.67. The fraction of sp³-hybridized carbons (Fsp3) is 0.562. The highest BCUT2D eigenvalue weighted by Gasteiger charge is 2.34. The average Bonchev–Trinajstić information content (AvgIpc) is 3.04. The Morgan fingerprint density at radius 2 is 2.15 bits per heavy atom. The van der Waals surface area contributed by atoms with Crippen LogP contribution in [0, 0.1) is 0 Å². The second kappa shape index (κ2) is 4.86. The molecule has 1 aromatic carbocycles. The van der Waals surface area contributed by atoms with Gasteiger partial charge in [0.25, 0.3) is 0 Å². The first-order valence-corrected chi connectivity index (χ1v) is 7.74. The largest absolute Gasteiger partial charge is 0.341 e. The first kappa shape index (κ1) is 12.4. The molecule has 2 atom stereocenters. The number of rotatable bonds is 4. The molecular weight excluding hydrogens is 248 g/mol. The molecule has 4 nitrogen and oxygen atoms in total. The highest BCUT2D eigenvalue weighted by molar-refractivity contribution is 5.74. The monoisotopic (exact) mass is 270 g/mol. The van der Waals surface area contributed by atoms with Crippen LogP contribution in [0.25, 0.3) is 11.0 Å². The van der Waals surface area contributed by atoms with Crippen LogP contribution in [0.3, 0.4) is 0 Å². The number of imidazole rings is 1. The lowest BCUT2D eigenvalue weighted by atomic mass is 10.2. The van der Waals surface area contributed by atoms with Crippen LogP contribution in [0.5, 0.6) is 0 Å². The zero-order valence-electron chi connectivity index (χ0n) is 12.0. The number of hydrogen-bond acceptors (Lipinski definition) is 3. The standard InChI is InChI=1S/C16H22N4/c1-11(16-18-14-4-2-3-5-15(14)19-16)17-12-8-9-20(10-12)13-6-7-13/h2-5,11-13,17H,6-10H2,1H3,(H,18,19). The lowest BCUT2D eigenvalue weighted by Gasteiger charge is -2.19. The van der Waals surface area contributed by atoms with Gasteiger partial charge < -0.3 is 10.3 Å². The van der Waals surface area contributed by atoms with E-state index in [-0.39, 0.29) is 6.04 Å². The van der Waals surface area contributed by atoms with Crippen LogP contribution in [0.4, 0.5) is 0 Å². The third-order valence-electron chi connectivity index (χ3n) is 4.59. The second-order valence-electron chi connectivity index (χ2n) is 6.24. The summed E-state index contributed by atoms with van der Waals surface area (Å²) in [4.78, 5) is 10.8. The molecule has 2 aliphatic rings. The maximum Gasteiger partial charge on any atom is 0.124 e. The summed E-state index contributed by atoms with van der Waals surface area (Å²) in [5.41, 5.74) is 2.18. The van der Waals surface area contributed by atoms with Crippen molar-refractivity contribution in [1.82, 2.24) is 20.2 Å². The van der Waals surface area contributed by atoms with E-state index in [9.17, 15) is 0 Å². The van der Waals surface area contributed by atoms with Crippen LogP contribution in [0.2, 0.25) is 0 Å². The molecule has 1 aliphatic heterocycles. The van der Waals surface area contributed by atoms with E-state index >= 15 is 0 Å². The number of para-hydroxylation sites is 2. The number of aromatic amines is 1. The van der Waals surface area contributed by atoms with Gasteiger partial charge in [0.15, 0.2) is 0 Å². The van der Waals surface area contributed by atoms with Crippen molar-refractivity contribution in [3.63, 3.8) is 0 Å². The van der Waals surface area contributed by atoms with Crippen molar-refractivity contribution in [3.05, 3.63) is 30.1 Å². The van der Waals surface area contributed by atoms with Crippen molar-refractivity contribution in [2.24, 2.45) is 0 Å². The molecule has 20 heavy (non-hydrogen) atoms. The molecule has 0 amide bonds. The van der Waals surface area contributed by atoms with Gasteiger partial charge in [-0.3, -0.25) is 4.90 Å². The van der Waals surface area contributed by atoms with Crippen LogP contribution >= 0.6 is 0 Å². The Kier molecular flexibility index (Phi) is 3.00. The number of aromatic nitrogens is 2. The molecule has 1 saturated carbocycles. The lowest BCUT2D eigenvalue weighted by molar-refractivity contribution is 0.313.